The fourth-order valence-corrected chi connectivity index (χ4v) is 4.32. The quantitative estimate of drug-likeness (QED) is 0.553. The molecular formula is C24H27ClFN5O. The summed E-state index contributed by atoms with van der Waals surface area (Å²) in [5.74, 6) is 1.20. The van der Waals surface area contributed by atoms with E-state index in [0.717, 1.165) is 42.4 Å². The molecule has 0 unspecified atom stereocenters. The Morgan fingerprint density at radius 1 is 1.12 bits per heavy atom. The fourth-order valence-electron chi connectivity index (χ4n) is 4.14. The Balaban J connectivity index is 1.31. The lowest BCUT2D eigenvalue weighted by Crippen LogP contribution is -2.34. The maximum atomic E-state index is 13.3. The number of carbonyl (C=O) groups excluding carboxylic acids is 1. The van der Waals surface area contributed by atoms with Gasteiger partial charge in [0.1, 0.15) is 11.6 Å². The third-order valence-electron chi connectivity index (χ3n) is 5.92. The van der Waals surface area contributed by atoms with Crippen LogP contribution in [-0.4, -0.2) is 42.6 Å². The maximum absolute atomic E-state index is 13.3. The van der Waals surface area contributed by atoms with Crippen molar-refractivity contribution >= 4 is 40.2 Å². The summed E-state index contributed by atoms with van der Waals surface area (Å²) in [7, 11) is 3.97. The van der Waals surface area contributed by atoms with E-state index < -0.39 is 5.82 Å². The highest BCUT2D eigenvalue weighted by Crippen LogP contribution is 2.28. The van der Waals surface area contributed by atoms with E-state index >= 15 is 0 Å². The van der Waals surface area contributed by atoms with Gasteiger partial charge in [0, 0.05) is 37.6 Å². The third kappa shape index (κ3) is 5.10. The smallest absolute Gasteiger partial charge is 0.251 e. The maximum Gasteiger partial charge on any atom is 0.251 e. The van der Waals surface area contributed by atoms with Crippen LogP contribution in [0.15, 0.2) is 42.5 Å². The first-order chi connectivity index (χ1) is 15.4. The molecule has 0 saturated heterocycles. The molecule has 2 aromatic carbocycles. The van der Waals surface area contributed by atoms with Gasteiger partial charge >= 0.3 is 0 Å². The molecule has 6 nitrogen and oxygen atoms in total. The van der Waals surface area contributed by atoms with Gasteiger partial charge in [0.2, 0.25) is 5.95 Å². The second kappa shape index (κ2) is 9.69. The summed E-state index contributed by atoms with van der Waals surface area (Å²) in [6.07, 6.45) is 3.96. The summed E-state index contributed by atoms with van der Waals surface area (Å²) in [4.78, 5) is 23.8. The van der Waals surface area contributed by atoms with Crippen molar-refractivity contribution in [1.82, 2.24) is 15.3 Å². The first-order valence-electron chi connectivity index (χ1n) is 10.8. The molecule has 1 amide bonds. The normalized spacial score (nSPS) is 18.4. The van der Waals surface area contributed by atoms with E-state index in [4.69, 9.17) is 21.6 Å². The van der Waals surface area contributed by atoms with Crippen molar-refractivity contribution in [3.05, 3.63) is 58.9 Å². The topological polar surface area (TPSA) is 70.2 Å². The van der Waals surface area contributed by atoms with Crippen LogP contribution in [-0.2, 0) is 0 Å². The van der Waals surface area contributed by atoms with Crippen LogP contribution < -0.4 is 15.5 Å². The number of carbonyl (C=O) groups is 1. The Morgan fingerprint density at radius 2 is 1.88 bits per heavy atom. The Labute approximate surface area is 192 Å². The number of rotatable bonds is 6. The number of nitrogens with one attached hydrogen (secondary N) is 2. The molecular weight excluding hydrogens is 429 g/mol. The van der Waals surface area contributed by atoms with Crippen LogP contribution in [0.3, 0.4) is 0 Å². The van der Waals surface area contributed by atoms with Crippen LogP contribution >= 0.6 is 11.6 Å². The SMILES string of the molecule is CN(C)c1nc(NC2CCC(CNC(=O)c3ccc(F)c(Cl)c3)CC2)nc2ccccc12. The van der Waals surface area contributed by atoms with Crippen LogP contribution in [0.1, 0.15) is 36.0 Å². The van der Waals surface area contributed by atoms with Gasteiger partial charge in [-0.3, -0.25) is 4.79 Å². The molecule has 32 heavy (non-hydrogen) atoms. The molecule has 1 saturated carbocycles. The van der Waals surface area contributed by atoms with E-state index in [1.165, 1.54) is 18.2 Å². The van der Waals surface area contributed by atoms with E-state index in [9.17, 15) is 9.18 Å². The van der Waals surface area contributed by atoms with Crippen molar-refractivity contribution in [1.29, 1.82) is 0 Å². The van der Waals surface area contributed by atoms with Gasteiger partial charge < -0.3 is 15.5 Å². The van der Waals surface area contributed by atoms with Crippen molar-refractivity contribution in [3.63, 3.8) is 0 Å². The lowest BCUT2D eigenvalue weighted by Gasteiger charge is -2.29. The average molecular weight is 456 g/mol. The summed E-state index contributed by atoms with van der Waals surface area (Å²) in [5.41, 5.74) is 1.29. The molecule has 8 heteroatoms. The van der Waals surface area contributed by atoms with Crippen LogP contribution in [0.2, 0.25) is 5.02 Å². The molecule has 4 rings (SSSR count). The van der Waals surface area contributed by atoms with Crippen molar-refractivity contribution in [3.8, 4) is 0 Å². The Bertz CT molecular complexity index is 1110. The molecule has 3 aromatic rings. The van der Waals surface area contributed by atoms with Crippen LogP contribution in [0.4, 0.5) is 16.2 Å². The standard InChI is InChI=1S/C24H27ClFN5O/c1-31(2)22-18-5-3-4-6-21(18)29-24(30-22)28-17-10-7-15(8-11-17)14-27-23(32)16-9-12-20(26)19(25)13-16/h3-6,9,12-13,15,17H,7-8,10-11,14H2,1-2H3,(H,27,32)(H,28,29,30). The zero-order chi connectivity index (χ0) is 22.7. The van der Waals surface area contributed by atoms with E-state index in [2.05, 4.69) is 10.6 Å². The number of halogens is 2. The average Bonchev–Trinajstić information content (AvgIpc) is 2.79. The number of hydrogen-bond donors (Lipinski definition) is 2. The lowest BCUT2D eigenvalue weighted by molar-refractivity contribution is 0.0943. The van der Waals surface area contributed by atoms with Crippen LogP contribution in [0.25, 0.3) is 10.9 Å². The summed E-state index contributed by atoms with van der Waals surface area (Å²) in [6, 6.07) is 12.3. The monoisotopic (exact) mass is 455 g/mol. The van der Waals surface area contributed by atoms with Gasteiger partial charge in [-0.2, -0.15) is 4.98 Å². The van der Waals surface area contributed by atoms with Gasteiger partial charge in [0.25, 0.3) is 5.91 Å². The number of para-hydroxylation sites is 1. The first kappa shape index (κ1) is 22.3. The fraction of sp³-hybridized carbons (Fsp3) is 0.375. The van der Waals surface area contributed by atoms with E-state index in [1.54, 1.807) is 0 Å². The number of nitrogens with zero attached hydrogens (tertiary/aromatic N) is 3. The van der Waals surface area contributed by atoms with Gasteiger partial charge in [-0.15, -0.1) is 0 Å². The second-order valence-electron chi connectivity index (χ2n) is 8.48. The highest BCUT2D eigenvalue weighted by Gasteiger charge is 2.23. The van der Waals surface area contributed by atoms with Gasteiger partial charge in [-0.25, -0.2) is 9.37 Å². The van der Waals surface area contributed by atoms with Crippen molar-refractivity contribution in [2.45, 2.75) is 31.7 Å². The molecule has 0 bridgehead atoms. The predicted octanol–water partition coefficient (Wildman–Crippen LogP) is 4.89. The minimum atomic E-state index is -0.526. The molecule has 1 aliphatic carbocycles. The first-order valence-corrected chi connectivity index (χ1v) is 11.2. The summed E-state index contributed by atoms with van der Waals surface area (Å²) in [5, 5.41) is 7.44. The number of hydrogen-bond acceptors (Lipinski definition) is 5. The third-order valence-corrected chi connectivity index (χ3v) is 6.21. The summed E-state index contributed by atoms with van der Waals surface area (Å²) < 4.78 is 13.3. The minimum absolute atomic E-state index is 0.0439. The second-order valence-corrected chi connectivity index (χ2v) is 8.89. The van der Waals surface area contributed by atoms with Gasteiger partial charge in [-0.05, 0) is 61.9 Å². The Hall–Kier alpha value is -2.93. The highest BCUT2D eigenvalue weighted by atomic mass is 35.5. The predicted molar refractivity (Wildman–Crippen MR) is 127 cm³/mol. The molecule has 2 N–H and O–H groups in total. The highest BCUT2D eigenvalue weighted by molar-refractivity contribution is 6.31. The molecule has 1 fully saturated rings. The summed E-state index contributed by atoms with van der Waals surface area (Å²) in [6.45, 7) is 0.595. The van der Waals surface area contributed by atoms with E-state index in [0.29, 0.717) is 30.0 Å². The van der Waals surface area contributed by atoms with Crippen LogP contribution in [0.5, 0.6) is 0 Å². The summed E-state index contributed by atoms with van der Waals surface area (Å²) >= 11 is 5.77. The van der Waals surface area contributed by atoms with Crippen LogP contribution in [0, 0.1) is 11.7 Å². The van der Waals surface area contributed by atoms with Gasteiger partial charge in [-0.1, -0.05) is 23.7 Å². The van der Waals surface area contributed by atoms with Crippen molar-refractivity contribution in [2.24, 2.45) is 5.92 Å². The van der Waals surface area contributed by atoms with Crippen molar-refractivity contribution in [2.75, 3.05) is 30.9 Å². The molecule has 0 spiro atoms. The number of anilines is 2. The number of fused-ring (bicyclic) bond motifs is 1. The van der Waals surface area contributed by atoms with Crippen molar-refractivity contribution < 1.29 is 9.18 Å². The van der Waals surface area contributed by atoms with Gasteiger partial charge in [0.05, 0.1) is 10.5 Å². The number of aromatic nitrogens is 2. The van der Waals surface area contributed by atoms with E-state index in [1.807, 2.05) is 43.3 Å². The zero-order valence-electron chi connectivity index (χ0n) is 18.2. The molecule has 168 valence electrons. The molecule has 0 aliphatic heterocycles. The minimum Gasteiger partial charge on any atom is -0.362 e. The zero-order valence-corrected chi connectivity index (χ0v) is 19.0. The van der Waals surface area contributed by atoms with Gasteiger partial charge in [0.15, 0.2) is 0 Å². The molecule has 1 aromatic heterocycles. The molecule has 0 atom stereocenters. The molecule has 1 aliphatic rings. The van der Waals surface area contributed by atoms with E-state index in [-0.39, 0.29) is 10.9 Å². The lowest BCUT2D eigenvalue weighted by atomic mass is 9.86. The number of amides is 1. The Morgan fingerprint density at radius 3 is 2.59 bits per heavy atom. The molecule has 1 heterocycles. The molecule has 0 radical (unpaired) electrons. The number of benzene rings is 2. The largest absolute Gasteiger partial charge is 0.362 e. The Kier molecular flexibility index (Phi) is 6.74.